The SMILES string of the molecule is Cc1ccc([N+](=O)[O-])cc1S(=O)(=O)Nc1ccc(C(=O)OC(C)C(=O)NCc2ccccc2)cc1. The minimum atomic E-state index is -4.12. The number of benzene rings is 3. The number of nitro groups is 1. The highest BCUT2D eigenvalue weighted by molar-refractivity contribution is 7.92. The Hall–Kier alpha value is -4.25. The first-order valence-electron chi connectivity index (χ1n) is 10.5. The number of ether oxygens (including phenoxy) is 1. The molecule has 0 bridgehead atoms. The topological polar surface area (TPSA) is 145 Å². The zero-order chi connectivity index (χ0) is 25.6. The Kier molecular flexibility index (Phi) is 7.82. The molecular formula is C24H23N3O7S. The van der Waals surface area contributed by atoms with Crippen LogP contribution < -0.4 is 10.0 Å². The van der Waals surface area contributed by atoms with Crippen molar-refractivity contribution in [2.45, 2.75) is 31.4 Å². The molecular weight excluding hydrogens is 474 g/mol. The summed E-state index contributed by atoms with van der Waals surface area (Å²) in [5.41, 5.74) is 1.14. The van der Waals surface area contributed by atoms with Gasteiger partial charge < -0.3 is 10.1 Å². The summed E-state index contributed by atoms with van der Waals surface area (Å²) in [6.45, 7) is 3.26. The molecule has 11 heteroatoms. The predicted molar refractivity (Wildman–Crippen MR) is 128 cm³/mol. The van der Waals surface area contributed by atoms with Crippen molar-refractivity contribution in [3.8, 4) is 0 Å². The molecule has 10 nitrogen and oxygen atoms in total. The molecule has 1 amide bonds. The fraction of sp³-hybridized carbons (Fsp3) is 0.167. The maximum atomic E-state index is 12.7. The average Bonchev–Trinajstić information content (AvgIpc) is 2.83. The van der Waals surface area contributed by atoms with E-state index >= 15 is 0 Å². The number of non-ortho nitro benzene ring substituents is 1. The summed E-state index contributed by atoms with van der Waals surface area (Å²) in [6, 6.07) is 18.2. The number of rotatable bonds is 9. The predicted octanol–water partition coefficient (Wildman–Crippen LogP) is 3.57. The Labute approximate surface area is 202 Å². The van der Waals surface area contributed by atoms with Crippen LogP contribution in [-0.4, -0.2) is 31.3 Å². The molecule has 0 aromatic heterocycles. The molecule has 2 N–H and O–H groups in total. The first kappa shape index (κ1) is 25.4. The normalized spacial score (nSPS) is 11.8. The summed E-state index contributed by atoms with van der Waals surface area (Å²) in [5, 5.41) is 13.7. The largest absolute Gasteiger partial charge is 0.449 e. The molecule has 1 atom stereocenters. The number of carbonyl (C=O) groups is 2. The van der Waals surface area contributed by atoms with Gasteiger partial charge in [-0.15, -0.1) is 0 Å². The number of amides is 1. The standard InChI is InChI=1S/C24H23N3O7S/c1-16-8-13-21(27(30)31)14-22(16)35(32,33)26-20-11-9-19(10-12-20)24(29)34-17(2)23(28)25-15-18-6-4-3-5-7-18/h3-14,17,26H,15H2,1-2H3,(H,25,28). The van der Waals surface area contributed by atoms with Crippen molar-refractivity contribution in [2.75, 3.05) is 4.72 Å². The van der Waals surface area contributed by atoms with Gasteiger partial charge in [-0.25, -0.2) is 13.2 Å². The fourth-order valence-electron chi connectivity index (χ4n) is 3.09. The number of carbonyl (C=O) groups excluding carboxylic acids is 2. The number of sulfonamides is 1. The lowest BCUT2D eigenvalue weighted by Crippen LogP contribution is -2.35. The van der Waals surface area contributed by atoms with E-state index in [9.17, 15) is 28.1 Å². The number of hydrogen-bond donors (Lipinski definition) is 2. The van der Waals surface area contributed by atoms with Crippen molar-refractivity contribution in [3.05, 3.63) is 99.6 Å². The molecule has 0 aliphatic carbocycles. The number of nitrogens with zero attached hydrogens (tertiary/aromatic N) is 1. The van der Waals surface area contributed by atoms with E-state index in [1.807, 2.05) is 30.3 Å². The second-order valence-corrected chi connectivity index (χ2v) is 9.29. The van der Waals surface area contributed by atoms with E-state index in [-0.39, 0.29) is 21.8 Å². The first-order chi connectivity index (χ1) is 16.6. The Bertz CT molecular complexity index is 1340. The quantitative estimate of drug-likeness (QED) is 0.261. The Morgan fingerprint density at radius 2 is 1.69 bits per heavy atom. The summed E-state index contributed by atoms with van der Waals surface area (Å²) in [7, 11) is -4.12. The molecule has 0 aliphatic heterocycles. The van der Waals surface area contributed by atoms with Crippen molar-refractivity contribution in [3.63, 3.8) is 0 Å². The van der Waals surface area contributed by atoms with Gasteiger partial charge in [-0.05, 0) is 49.2 Å². The van der Waals surface area contributed by atoms with Gasteiger partial charge in [-0.3, -0.25) is 19.6 Å². The third-order valence-corrected chi connectivity index (χ3v) is 6.53. The van der Waals surface area contributed by atoms with Crippen LogP contribution in [0.2, 0.25) is 0 Å². The van der Waals surface area contributed by atoms with Crippen LogP contribution in [0.1, 0.15) is 28.4 Å². The van der Waals surface area contributed by atoms with E-state index in [4.69, 9.17) is 4.74 Å². The molecule has 0 spiro atoms. The fourth-order valence-corrected chi connectivity index (χ4v) is 4.41. The van der Waals surface area contributed by atoms with Gasteiger partial charge in [0.25, 0.3) is 21.6 Å². The van der Waals surface area contributed by atoms with Crippen LogP contribution >= 0.6 is 0 Å². The number of esters is 1. The molecule has 0 fully saturated rings. The summed E-state index contributed by atoms with van der Waals surface area (Å²) < 4.78 is 33.0. The molecule has 182 valence electrons. The van der Waals surface area contributed by atoms with Gasteiger partial charge in [0.2, 0.25) is 0 Å². The highest BCUT2D eigenvalue weighted by atomic mass is 32.2. The number of nitrogens with one attached hydrogen (secondary N) is 2. The summed E-state index contributed by atoms with van der Waals surface area (Å²) in [4.78, 5) is 34.7. The summed E-state index contributed by atoms with van der Waals surface area (Å²) in [5.74, 6) is -1.21. The summed E-state index contributed by atoms with van der Waals surface area (Å²) >= 11 is 0. The lowest BCUT2D eigenvalue weighted by Gasteiger charge is -2.14. The molecule has 0 aliphatic rings. The molecule has 0 radical (unpaired) electrons. The van der Waals surface area contributed by atoms with Gasteiger partial charge >= 0.3 is 5.97 Å². The third-order valence-electron chi connectivity index (χ3n) is 5.01. The van der Waals surface area contributed by atoms with Gasteiger partial charge in [0.15, 0.2) is 6.10 Å². The monoisotopic (exact) mass is 497 g/mol. The van der Waals surface area contributed by atoms with Crippen LogP contribution in [-0.2, 0) is 26.1 Å². The van der Waals surface area contributed by atoms with Crippen LogP contribution in [0, 0.1) is 17.0 Å². The molecule has 0 saturated heterocycles. The van der Waals surface area contributed by atoms with Gasteiger partial charge in [0.1, 0.15) is 0 Å². The number of nitro benzene ring substituents is 1. The van der Waals surface area contributed by atoms with Crippen molar-refractivity contribution in [1.29, 1.82) is 0 Å². The zero-order valence-electron chi connectivity index (χ0n) is 18.9. The van der Waals surface area contributed by atoms with Crippen LogP contribution in [0.15, 0.2) is 77.7 Å². The van der Waals surface area contributed by atoms with Crippen molar-refractivity contribution >= 4 is 33.3 Å². The molecule has 3 rings (SSSR count). The van der Waals surface area contributed by atoms with E-state index in [2.05, 4.69) is 10.0 Å². The Morgan fingerprint density at radius 3 is 2.31 bits per heavy atom. The molecule has 0 heterocycles. The van der Waals surface area contributed by atoms with Gasteiger partial charge in [0, 0.05) is 24.4 Å². The average molecular weight is 498 g/mol. The molecule has 3 aromatic rings. The Balaban J connectivity index is 1.62. The third kappa shape index (κ3) is 6.64. The Morgan fingerprint density at radius 1 is 1.03 bits per heavy atom. The lowest BCUT2D eigenvalue weighted by atomic mass is 10.2. The van der Waals surface area contributed by atoms with Crippen molar-refractivity contribution < 1.29 is 27.7 Å². The number of anilines is 1. The highest BCUT2D eigenvalue weighted by Gasteiger charge is 2.22. The van der Waals surface area contributed by atoms with Crippen LogP contribution in [0.4, 0.5) is 11.4 Å². The van der Waals surface area contributed by atoms with Crippen LogP contribution in [0.25, 0.3) is 0 Å². The molecule has 0 saturated carbocycles. The number of aryl methyl sites for hydroxylation is 1. The maximum Gasteiger partial charge on any atom is 0.338 e. The van der Waals surface area contributed by atoms with Crippen LogP contribution in [0.3, 0.4) is 0 Å². The zero-order valence-corrected chi connectivity index (χ0v) is 19.7. The number of hydrogen-bond acceptors (Lipinski definition) is 7. The van der Waals surface area contributed by atoms with E-state index in [0.29, 0.717) is 12.1 Å². The second-order valence-electron chi connectivity index (χ2n) is 7.64. The minimum Gasteiger partial charge on any atom is -0.449 e. The maximum absolute atomic E-state index is 12.7. The van der Waals surface area contributed by atoms with E-state index in [1.165, 1.54) is 50.2 Å². The smallest absolute Gasteiger partial charge is 0.338 e. The molecule has 1 unspecified atom stereocenters. The first-order valence-corrected chi connectivity index (χ1v) is 12.0. The lowest BCUT2D eigenvalue weighted by molar-refractivity contribution is -0.385. The van der Waals surface area contributed by atoms with Gasteiger partial charge in [-0.2, -0.15) is 0 Å². The van der Waals surface area contributed by atoms with Crippen molar-refractivity contribution in [1.82, 2.24) is 5.32 Å². The highest BCUT2D eigenvalue weighted by Crippen LogP contribution is 2.24. The van der Waals surface area contributed by atoms with Gasteiger partial charge in [-0.1, -0.05) is 36.4 Å². The molecule has 3 aromatic carbocycles. The molecule has 35 heavy (non-hydrogen) atoms. The second kappa shape index (κ2) is 10.8. The summed E-state index contributed by atoms with van der Waals surface area (Å²) in [6.07, 6.45) is -1.04. The van der Waals surface area contributed by atoms with Crippen molar-refractivity contribution in [2.24, 2.45) is 0 Å². The van der Waals surface area contributed by atoms with E-state index in [1.54, 1.807) is 0 Å². The van der Waals surface area contributed by atoms with Gasteiger partial charge in [0.05, 0.1) is 15.4 Å². The minimum absolute atomic E-state index is 0.113. The van der Waals surface area contributed by atoms with E-state index < -0.39 is 32.9 Å². The van der Waals surface area contributed by atoms with Crippen LogP contribution in [0.5, 0.6) is 0 Å². The van der Waals surface area contributed by atoms with E-state index in [0.717, 1.165) is 11.6 Å².